The molecule has 1 saturated heterocycles. The van der Waals surface area contributed by atoms with Crippen molar-refractivity contribution in [1.29, 1.82) is 0 Å². The van der Waals surface area contributed by atoms with Crippen molar-refractivity contribution >= 4 is 26.0 Å². The van der Waals surface area contributed by atoms with Crippen LogP contribution in [0.5, 0.6) is 5.75 Å². The van der Waals surface area contributed by atoms with Gasteiger partial charge in [0.1, 0.15) is 5.75 Å². The molecule has 0 amide bonds. The van der Waals surface area contributed by atoms with Crippen LogP contribution in [0, 0.1) is 0 Å². The summed E-state index contributed by atoms with van der Waals surface area (Å²) in [7, 11) is -3.56. The second-order valence-corrected chi connectivity index (χ2v) is 9.65. The molecule has 1 unspecified atom stereocenters. The van der Waals surface area contributed by atoms with Crippen molar-refractivity contribution < 1.29 is 17.6 Å². The summed E-state index contributed by atoms with van der Waals surface area (Å²) in [5, 5.41) is 8.18. The van der Waals surface area contributed by atoms with Gasteiger partial charge in [0.2, 0.25) is 15.9 Å². The minimum atomic E-state index is -3.56. The molecule has 1 fully saturated rings. The van der Waals surface area contributed by atoms with E-state index in [9.17, 15) is 8.42 Å². The van der Waals surface area contributed by atoms with E-state index in [2.05, 4.69) is 26.1 Å². The predicted molar refractivity (Wildman–Crippen MR) is 110 cm³/mol. The SMILES string of the molecule is O=S(=O)(c1ccc(Br)cc1)N1CCCC(c2nnc(COc3ccccc3)o2)C1. The smallest absolute Gasteiger partial charge is 0.253 e. The molecule has 2 heterocycles. The number of nitrogens with zero attached hydrogens (tertiary/aromatic N) is 3. The molecule has 1 atom stereocenters. The molecule has 0 spiro atoms. The summed E-state index contributed by atoms with van der Waals surface area (Å²) in [6.45, 7) is 0.969. The van der Waals surface area contributed by atoms with E-state index in [1.165, 1.54) is 4.31 Å². The van der Waals surface area contributed by atoms with Crippen molar-refractivity contribution in [2.24, 2.45) is 0 Å². The Morgan fingerprint density at radius 2 is 1.86 bits per heavy atom. The molecule has 152 valence electrons. The quantitative estimate of drug-likeness (QED) is 0.533. The summed E-state index contributed by atoms with van der Waals surface area (Å²) in [4.78, 5) is 0.281. The van der Waals surface area contributed by atoms with Crippen LogP contribution in [0.4, 0.5) is 0 Å². The lowest BCUT2D eigenvalue weighted by atomic mass is 10.00. The van der Waals surface area contributed by atoms with Gasteiger partial charge in [0, 0.05) is 17.6 Å². The first-order chi connectivity index (χ1) is 14.0. The highest BCUT2D eigenvalue weighted by Crippen LogP contribution is 2.30. The molecule has 2 aromatic carbocycles. The van der Waals surface area contributed by atoms with Crippen molar-refractivity contribution in [1.82, 2.24) is 14.5 Å². The van der Waals surface area contributed by atoms with E-state index in [0.29, 0.717) is 24.9 Å². The molecule has 0 aliphatic carbocycles. The lowest BCUT2D eigenvalue weighted by molar-refractivity contribution is 0.243. The number of piperidine rings is 1. The molecule has 1 aromatic heterocycles. The molecule has 7 nitrogen and oxygen atoms in total. The molecule has 0 bridgehead atoms. The van der Waals surface area contributed by atoms with Crippen molar-refractivity contribution in [2.45, 2.75) is 30.3 Å². The number of sulfonamides is 1. The second kappa shape index (κ2) is 8.64. The van der Waals surface area contributed by atoms with Crippen LogP contribution in [0.25, 0.3) is 0 Å². The van der Waals surface area contributed by atoms with E-state index >= 15 is 0 Å². The maximum Gasteiger partial charge on any atom is 0.253 e. The van der Waals surface area contributed by atoms with Crippen LogP contribution in [-0.4, -0.2) is 36.0 Å². The van der Waals surface area contributed by atoms with Gasteiger partial charge in [-0.3, -0.25) is 0 Å². The van der Waals surface area contributed by atoms with Gasteiger partial charge in [-0.1, -0.05) is 34.1 Å². The summed E-state index contributed by atoms with van der Waals surface area (Å²) >= 11 is 3.33. The van der Waals surface area contributed by atoms with Crippen molar-refractivity contribution in [2.75, 3.05) is 13.1 Å². The summed E-state index contributed by atoms with van der Waals surface area (Å²) in [5.74, 6) is 1.41. The Labute approximate surface area is 177 Å². The maximum absolute atomic E-state index is 13.0. The van der Waals surface area contributed by atoms with Crippen LogP contribution in [0.15, 0.2) is 68.4 Å². The molecular formula is C20H20BrN3O4S. The number of rotatable bonds is 6. The highest BCUT2D eigenvalue weighted by atomic mass is 79.9. The topological polar surface area (TPSA) is 85.5 Å². The largest absolute Gasteiger partial charge is 0.484 e. The first kappa shape index (κ1) is 20.1. The van der Waals surface area contributed by atoms with Crippen LogP contribution < -0.4 is 4.74 Å². The fourth-order valence-electron chi connectivity index (χ4n) is 3.27. The van der Waals surface area contributed by atoms with Crippen LogP contribution in [0.2, 0.25) is 0 Å². The normalized spacial score (nSPS) is 17.9. The van der Waals surface area contributed by atoms with E-state index in [4.69, 9.17) is 9.15 Å². The Morgan fingerprint density at radius 3 is 2.62 bits per heavy atom. The van der Waals surface area contributed by atoms with Gasteiger partial charge < -0.3 is 9.15 Å². The fraction of sp³-hybridized carbons (Fsp3) is 0.300. The van der Waals surface area contributed by atoms with Gasteiger partial charge in [0.15, 0.2) is 6.61 Å². The number of benzene rings is 2. The molecule has 3 aromatic rings. The molecule has 0 saturated carbocycles. The molecular weight excluding hydrogens is 458 g/mol. The standard InChI is InChI=1S/C20H20BrN3O4S/c21-16-8-10-18(11-9-16)29(25,26)24-12-4-5-15(13-24)20-23-22-19(28-20)14-27-17-6-2-1-3-7-17/h1-3,6-11,15H,4-5,12-14H2. The average Bonchev–Trinajstić information content (AvgIpc) is 3.23. The number of aromatic nitrogens is 2. The number of para-hydroxylation sites is 1. The maximum atomic E-state index is 13.0. The number of hydrogen-bond donors (Lipinski definition) is 0. The minimum Gasteiger partial charge on any atom is -0.484 e. The molecule has 1 aliphatic rings. The first-order valence-corrected chi connectivity index (χ1v) is 11.5. The molecule has 29 heavy (non-hydrogen) atoms. The number of halogens is 1. The van der Waals surface area contributed by atoms with Crippen LogP contribution in [-0.2, 0) is 16.6 Å². The average molecular weight is 478 g/mol. The molecule has 9 heteroatoms. The zero-order valence-electron chi connectivity index (χ0n) is 15.6. The molecule has 4 rings (SSSR count). The van der Waals surface area contributed by atoms with Gasteiger partial charge in [0.05, 0.1) is 10.8 Å². The number of hydrogen-bond acceptors (Lipinski definition) is 6. The van der Waals surface area contributed by atoms with Crippen molar-refractivity contribution in [3.8, 4) is 5.75 Å². The van der Waals surface area contributed by atoms with Crippen LogP contribution in [0.1, 0.15) is 30.5 Å². The van der Waals surface area contributed by atoms with E-state index in [0.717, 1.165) is 23.1 Å². The summed E-state index contributed by atoms with van der Waals surface area (Å²) in [5.41, 5.74) is 0. The summed E-state index contributed by atoms with van der Waals surface area (Å²) < 4.78 is 39.6. The monoisotopic (exact) mass is 477 g/mol. The van der Waals surface area contributed by atoms with Gasteiger partial charge in [0.25, 0.3) is 5.89 Å². The van der Waals surface area contributed by atoms with Crippen molar-refractivity contribution in [3.63, 3.8) is 0 Å². The minimum absolute atomic E-state index is 0.132. The van der Waals surface area contributed by atoms with Crippen LogP contribution >= 0.6 is 15.9 Å². The van der Waals surface area contributed by atoms with E-state index in [1.54, 1.807) is 24.3 Å². The van der Waals surface area contributed by atoms with Gasteiger partial charge >= 0.3 is 0 Å². The Morgan fingerprint density at radius 1 is 1.10 bits per heavy atom. The predicted octanol–water partition coefficient (Wildman–Crippen LogP) is 3.98. The van der Waals surface area contributed by atoms with Gasteiger partial charge in [-0.05, 0) is 49.2 Å². The van der Waals surface area contributed by atoms with Gasteiger partial charge in [-0.25, -0.2) is 8.42 Å². The van der Waals surface area contributed by atoms with Gasteiger partial charge in [-0.15, -0.1) is 10.2 Å². The zero-order valence-corrected chi connectivity index (χ0v) is 18.0. The third-order valence-corrected chi connectivity index (χ3v) is 7.18. The Balaban J connectivity index is 1.43. The fourth-order valence-corrected chi connectivity index (χ4v) is 5.06. The molecule has 0 radical (unpaired) electrons. The summed E-state index contributed by atoms with van der Waals surface area (Å²) in [6.07, 6.45) is 1.53. The lowest BCUT2D eigenvalue weighted by Crippen LogP contribution is -2.39. The summed E-state index contributed by atoms with van der Waals surface area (Å²) in [6, 6.07) is 16.1. The third-order valence-electron chi connectivity index (χ3n) is 4.77. The van der Waals surface area contributed by atoms with E-state index < -0.39 is 10.0 Å². The first-order valence-electron chi connectivity index (χ1n) is 9.28. The van der Waals surface area contributed by atoms with Crippen molar-refractivity contribution in [3.05, 3.63) is 70.9 Å². The Bertz CT molecular complexity index is 1050. The molecule has 1 aliphatic heterocycles. The van der Waals surface area contributed by atoms with Gasteiger partial charge in [-0.2, -0.15) is 4.31 Å². The van der Waals surface area contributed by atoms with E-state index in [-0.39, 0.29) is 17.4 Å². The Hall–Kier alpha value is -2.23. The zero-order chi connectivity index (χ0) is 20.3. The second-order valence-electron chi connectivity index (χ2n) is 6.79. The Kier molecular flexibility index (Phi) is 5.98. The number of ether oxygens (including phenoxy) is 1. The highest BCUT2D eigenvalue weighted by Gasteiger charge is 2.33. The third kappa shape index (κ3) is 4.68. The van der Waals surface area contributed by atoms with E-state index in [1.807, 2.05) is 30.3 Å². The highest BCUT2D eigenvalue weighted by molar-refractivity contribution is 9.10. The van der Waals surface area contributed by atoms with Crippen LogP contribution in [0.3, 0.4) is 0 Å². The molecule has 0 N–H and O–H groups in total. The lowest BCUT2D eigenvalue weighted by Gasteiger charge is -2.30.